The Morgan fingerprint density at radius 2 is 1.86 bits per heavy atom. The van der Waals surface area contributed by atoms with E-state index in [0.29, 0.717) is 11.0 Å². The predicted octanol–water partition coefficient (Wildman–Crippen LogP) is 4.69. The number of aromatic nitrogens is 1. The fourth-order valence-electron chi connectivity index (χ4n) is 4.96. The van der Waals surface area contributed by atoms with Gasteiger partial charge in [0.25, 0.3) is 0 Å². The number of aliphatic carboxylic acids is 1. The molecule has 2 aliphatic rings. The van der Waals surface area contributed by atoms with Gasteiger partial charge < -0.3 is 10.4 Å². The molecule has 148 valence electrons. The van der Waals surface area contributed by atoms with E-state index in [2.05, 4.69) is 48.4 Å². The Balaban J connectivity index is 1.45. The van der Waals surface area contributed by atoms with Crippen LogP contribution in [0.2, 0.25) is 0 Å². The van der Waals surface area contributed by atoms with Crippen molar-refractivity contribution in [2.45, 2.75) is 39.5 Å². The van der Waals surface area contributed by atoms with E-state index in [4.69, 9.17) is 0 Å². The van der Waals surface area contributed by atoms with E-state index in [-0.39, 0.29) is 17.7 Å². The van der Waals surface area contributed by atoms with Crippen molar-refractivity contribution in [1.29, 1.82) is 0 Å². The molecule has 0 radical (unpaired) electrons. The number of carbonyl (C=O) groups excluding carboxylic acids is 1. The molecule has 1 heterocycles. The van der Waals surface area contributed by atoms with Gasteiger partial charge >= 0.3 is 5.97 Å². The molecule has 0 aliphatic heterocycles. The Hall–Kier alpha value is -2.21. The van der Waals surface area contributed by atoms with Gasteiger partial charge in [-0.25, -0.2) is 4.98 Å². The summed E-state index contributed by atoms with van der Waals surface area (Å²) in [5, 5.41) is 14.9. The van der Waals surface area contributed by atoms with E-state index in [0.717, 1.165) is 36.9 Å². The van der Waals surface area contributed by atoms with Gasteiger partial charge in [0.15, 0.2) is 5.13 Å². The van der Waals surface area contributed by atoms with E-state index < -0.39 is 17.8 Å². The summed E-state index contributed by atoms with van der Waals surface area (Å²) in [4.78, 5) is 29.0. The number of carboxylic acids is 1. The van der Waals surface area contributed by atoms with Crippen LogP contribution in [0.1, 0.15) is 38.7 Å². The molecule has 1 aromatic heterocycles. The molecule has 0 unspecified atom stereocenters. The first-order valence-electron chi connectivity index (χ1n) is 10.0. The zero-order valence-corrected chi connectivity index (χ0v) is 17.0. The number of benzene rings is 1. The van der Waals surface area contributed by atoms with Crippen molar-refractivity contribution in [1.82, 2.24) is 4.98 Å². The number of amides is 1. The van der Waals surface area contributed by atoms with Crippen molar-refractivity contribution in [3.8, 4) is 11.3 Å². The third-order valence-corrected chi connectivity index (χ3v) is 6.89. The SMILES string of the molecule is CC(C)Cc1ccc(-c2csc(NC(=O)[C@H]3[C@H]4CC[C@@H](C4)[C@@H]3C(=O)O)n2)cc1. The van der Waals surface area contributed by atoms with Crippen molar-refractivity contribution in [2.24, 2.45) is 29.6 Å². The maximum atomic E-state index is 12.8. The number of nitrogens with zero attached hydrogens (tertiary/aromatic N) is 1. The maximum absolute atomic E-state index is 12.8. The zero-order valence-electron chi connectivity index (χ0n) is 16.2. The van der Waals surface area contributed by atoms with Crippen molar-refractivity contribution in [3.05, 3.63) is 35.2 Å². The van der Waals surface area contributed by atoms with Crippen LogP contribution in [0, 0.1) is 29.6 Å². The van der Waals surface area contributed by atoms with Crippen LogP contribution in [0.4, 0.5) is 5.13 Å². The number of nitrogens with one attached hydrogen (secondary N) is 1. The molecule has 2 bridgehead atoms. The van der Waals surface area contributed by atoms with Crippen LogP contribution in [0.5, 0.6) is 0 Å². The molecule has 28 heavy (non-hydrogen) atoms. The van der Waals surface area contributed by atoms with Crippen LogP contribution in [-0.2, 0) is 16.0 Å². The molecule has 0 saturated heterocycles. The summed E-state index contributed by atoms with van der Waals surface area (Å²) < 4.78 is 0. The molecule has 2 N–H and O–H groups in total. The van der Waals surface area contributed by atoms with E-state index >= 15 is 0 Å². The van der Waals surface area contributed by atoms with Gasteiger partial charge in [0.05, 0.1) is 17.5 Å². The Kier molecular flexibility index (Phi) is 5.23. The van der Waals surface area contributed by atoms with Crippen LogP contribution in [-0.4, -0.2) is 22.0 Å². The van der Waals surface area contributed by atoms with Crippen LogP contribution in [0.25, 0.3) is 11.3 Å². The molecule has 5 nitrogen and oxygen atoms in total. The highest BCUT2D eigenvalue weighted by molar-refractivity contribution is 7.14. The fraction of sp³-hybridized carbons (Fsp3) is 0.500. The highest BCUT2D eigenvalue weighted by Crippen LogP contribution is 2.52. The molecule has 6 heteroatoms. The van der Waals surface area contributed by atoms with Crippen molar-refractivity contribution in [2.75, 3.05) is 5.32 Å². The quantitative estimate of drug-likeness (QED) is 0.739. The number of rotatable bonds is 6. The number of thiazole rings is 1. The largest absolute Gasteiger partial charge is 0.481 e. The summed E-state index contributed by atoms with van der Waals surface area (Å²) in [7, 11) is 0. The van der Waals surface area contributed by atoms with Crippen molar-refractivity contribution >= 4 is 28.3 Å². The van der Waals surface area contributed by atoms with E-state index in [9.17, 15) is 14.7 Å². The van der Waals surface area contributed by atoms with E-state index in [1.165, 1.54) is 16.9 Å². The number of hydrogen-bond donors (Lipinski definition) is 2. The van der Waals surface area contributed by atoms with E-state index in [1.807, 2.05) is 5.38 Å². The molecular weight excluding hydrogens is 372 g/mol. The summed E-state index contributed by atoms with van der Waals surface area (Å²) in [6.07, 6.45) is 3.80. The third-order valence-electron chi connectivity index (χ3n) is 6.13. The number of hydrogen-bond acceptors (Lipinski definition) is 4. The minimum Gasteiger partial charge on any atom is -0.481 e. The molecule has 2 aromatic rings. The van der Waals surface area contributed by atoms with Gasteiger partial charge in [-0.05, 0) is 49.0 Å². The van der Waals surface area contributed by atoms with E-state index in [1.54, 1.807) is 0 Å². The average Bonchev–Trinajstić information content (AvgIpc) is 3.37. The minimum atomic E-state index is -0.839. The molecule has 2 fully saturated rings. The van der Waals surface area contributed by atoms with Gasteiger partial charge in [0, 0.05) is 10.9 Å². The highest BCUT2D eigenvalue weighted by Gasteiger charge is 2.54. The van der Waals surface area contributed by atoms with Gasteiger partial charge in [-0.15, -0.1) is 11.3 Å². The molecular formula is C22H26N2O3S. The molecule has 0 spiro atoms. The number of anilines is 1. The Bertz CT molecular complexity index is 874. The molecule has 1 amide bonds. The first-order chi connectivity index (χ1) is 13.4. The second kappa shape index (κ2) is 7.66. The maximum Gasteiger partial charge on any atom is 0.307 e. The lowest BCUT2D eigenvalue weighted by Crippen LogP contribution is -2.37. The summed E-state index contributed by atoms with van der Waals surface area (Å²) >= 11 is 1.39. The standard InChI is InChI=1S/C22H26N2O3S/c1-12(2)9-13-3-5-14(6-4-13)17-11-28-22(23-17)24-20(25)18-15-7-8-16(10-15)19(18)21(26)27/h3-6,11-12,15-16,18-19H,7-10H2,1-2H3,(H,26,27)(H,23,24,25)/t15-,16-,18-,19-/m0/s1. The van der Waals surface area contributed by atoms with Crippen LogP contribution in [0.15, 0.2) is 29.6 Å². The van der Waals surface area contributed by atoms with Gasteiger partial charge in [-0.3, -0.25) is 9.59 Å². The normalized spacial score (nSPS) is 26.0. The zero-order chi connectivity index (χ0) is 19.8. The second-order valence-corrected chi connectivity index (χ2v) is 9.40. The number of carbonyl (C=O) groups is 2. The lowest BCUT2D eigenvalue weighted by Gasteiger charge is -2.26. The van der Waals surface area contributed by atoms with Gasteiger partial charge in [-0.2, -0.15) is 0 Å². The summed E-state index contributed by atoms with van der Waals surface area (Å²) in [5.74, 6) is -1.05. The Morgan fingerprint density at radius 1 is 1.18 bits per heavy atom. The summed E-state index contributed by atoms with van der Waals surface area (Å²) in [6, 6.07) is 8.38. The molecule has 1 aromatic carbocycles. The Labute approximate surface area is 169 Å². The van der Waals surface area contributed by atoms with Crippen molar-refractivity contribution in [3.63, 3.8) is 0 Å². The summed E-state index contributed by atoms with van der Waals surface area (Å²) in [5.41, 5.74) is 3.16. The van der Waals surface area contributed by atoms with Gasteiger partial charge in [-0.1, -0.05) is 38.1 Å². The van der Waals surface area contributed by atoms with Crippen molar-refractivity contribution < 1.29 is 14.7 Å². The third kappa shape index (κ3) is 3.70. The lowest BCUT2D eigenvalue weighted by molar-refractivity contribution is -0.148. The lowest BCUT2D eigenvalue weighted by atomic mass is 9.79. The molecule has 2 saturated carbocycles. The van der Waals surface area contributed by atoms with Crippen LogP contribution >= 0.6 is 11.3 Å². The average molecular weight is 399 g/mol. The van der Waals surface area contributed by atoms with Gasteiger partial charge in [0.2, 0.25) is 5.91 Å². The Morgan fingerprint density at radius 3 is 2.50 bits per heavy atom. The molecule has 4 atom stereocenters. The summed E-state index contributed by atoms with van der Waals surface area (Å²) in [6.45, 7) is 4.41. The first-order valence-corrected chi connectivity index (χ1v) is 10.9. The first kappa shape index (κ1) is 19.1. The topological polar surface area (TPSA) is 79.3 Å². The number of fused-ring (bicyclic) bond motifs is 2. The predicted molar refractivity (Wildman–Crippen MR) is 110 cm³/mol. The fourth-order valence-corrected chi connectivity index (χ4v) is 5.68. The minimum absolute atomic E-state index is 0.148. The highest BCUT2D eigenvalue weighted by atomic mass is 32.1. The second-order valence-electron chi connectivity index (χ2n) is 8.55. The van der Waals surface area contributed by atoms with Crippen LogP contribution < -0.4 is 5.32 Å². The molecule has 4 rings (SSSR count). The molecule has 2 aliphatic carbocycles. The van der Waals surface area contributed by atoms with Crippen LogP contribution in [0.3, 0.4) is 0 Å². The van der Waals surface area contributed by atoms with Gasteiger partial charge in [0.1, 0.15) is 0 Å². The smallest absolute Gasteiger partial charge is 0.307 e. The monoisotopic (exact) mass is 398 g/mol. The number of carboxylic acid groups (broad SMARTS) is 1.